The van der Waals surface area contributed by atoms with Gasteiger partial charge in [-0.15, -0.1) is 0 Å². The molecular formula is C38H55NO2S2. The van der Waals surface area contributed by atoms with Gasteiger partial charge in [-0.25, -0.2) is 0 Å². The van der Waals surface area contributed by atoms with Gasteiger partial charge in [-0.3, -0.25) is 4.79 Å². The molecule has 0 amide bonds. The Morgan fingerprint density at radius 3 is 2.30 bits per heavy atom. The summed E-state index contributed by atoms with van der Waals surface area (Å²) in [6.07, 6.45) is 22.1. The predicted octanol–water partition coefficient (Wildman–Crippen LogP) is 10.1. The van der Waals surface area contributed by atoms with Gasteiger partial charge in [0.05, 0.1) is 0 Å². The van der Waals surface area contributed by atoms with E-state index in [1.807, 2.05) is 10.8 Å². The summed E-state index contributed by atoms with van der Waals surface area (Å²) in [5.74, 6) is 4.08. The van der Waals surface area contributed by atoms with Crippen LogP contribution >= 0.6 is 21.6 Å². The Balaban J connectivity index is 1.54. The quantitative estimate of drug-likeness (QED) is 0.193. The van der Waals surface area contributed by atoms with Crippen molar-refractivity contribution in [2.24, 2.45) is 35.3 Å². The highest BCUT2D eigenvalue weighted by Crippen LogP contribution is 2.39. The van der Waals surface area contributed by atoms with Crippen LogP contribution < -0.4 is 5.73 Å². The van der Waals surface area contributed by atoms with Crippen molar-refractivity contribution in [1.82, 2.24) is 0 Å². The Labute approximate surface area is 269 Å². The van der Waals surface area contributed by atoms with Crippen LogP contribution in [0.3, 0.4) is 0 Å². The first kappa shape index (κ1) is 34.2. The van der Waals surface area contributed by atoms with Crippen molar-refractivity contribution in [2.75, 3.05) is 12.3 Å². The van der Waals surface area contributed by atoms with E-state index >= 15 is 0 Å². The first-order valence-corrected chi connectivity index (χ1v) is 19.5. The third kappa shape index (κ3) is 12.3. The molecule has 1 aliphatic carbocycles. The van der Waals surface area contributed by atoms with Gasteiger partial charge in [0.15, 0.2) is 0 Å². The van der Waals surface area contributed by atoms with Gasteiger partial charge in [0.25, 0.3) is 0 Å². The number of hydrogen-bond donors (Lipinski definition) is 2. The van der Waals surface area contributed by atoms with Gasteiger partial charge >= 0.3 is 5.97 Å². The summed E-state index contributed by atoms with van der Waals surface area (Å²) in [7, 11) is 4.05. The van der Waals surface area contributed by atoms with Gasteiger partial charge in [-0.2, -0.15) is 0 Å². The highest BCUT2D eigenvalue weighted by Gasteiger charge is 2.28. The molecule has 4 atom stereocenters. The number of nitrogens with two attached hydrogens (primary N) is 1. The van der Waals surface area contributed by atoms with Crippen LogP contribution in [0.5, 0.6) is 0 Å². The van der Waals surface area contributed by atoms with Crippen molar-refractivity contribution in [3.8, 4) is 0 Å². The monoisotopic (exact) mass is 621 g/mol. The second kappa shape index (κ2) is 19.6. The Kier molecular flexibility index (Phi) is 15.6. The lowest BCUT2D eigenvalue weighted by molar-refractivity contribution is -0.138. The molecule has 0 radical (unpaired) electrons. The molecule has 1 aliphatic heterocycles. The molecule has 0 aromatic heterocycles. The number of carbonyl (C=O) groups is 1. The number of allylic oxidation sites excluding steroid dienone is 2. The second-order valence-corrected chi connectivity index (χ2v) is 15.6. The van der Waals surface area contributed by atoms with E-state index < -0.39 is 5.97 Å². The number of benzene rings is 2. The van der Waals surface area contributed by atoms with Gasteiger partial charge in [0.2, 0.25) is 0 Å². The minimum atomic E-state index is -0.673. The maximum Gasteiger partial charge on any atom is 0.303 e. The van der Waals surface area contributed by atoms with E-state index in [9.17, 15) is 9.90 Å². The van der Waals surface area contributed by atoms with Crippen LogP contribution in [-0.4, -0.2) is 23.4 Å². The zero-order valence-corrected chi connectivity index (χ0v) is 27.8. The van der Waals surface area contributed by atoms with Crippen molar-refractivity contribution >= 4 is 27.6 Å². The molecule has 0 unspecified atom stereocenters. The van der Waals surface area contributed by atoms with Gasteiger partial charge in [-0.05, 0) is 111 Å². The summed E-state index contributed by atoms with van der Waals surface area (Å²) in [5.41, 5.74) is 10.4. The molecule has 2 aliphatic rings. The van der Waals surface area contributed by atoms with Crippen LogP contribution in [0.15, 0.2) is 66.7 Å². The zero-order valence-electron chi connectivity index (χ0n) is 26.2. The Bertz CT molecular complexity index is 1080. The van der Waals surface area contributed by atoms with E-state index in [2.05, 4.69) is 77.5 Å². The summed E-state index contributed by atoms with van der Waals surface area (Å²) in [6.45, 7) is 0.628. The van der Waals surface area contributed by atoms with E-state index in [4.69, 9.17) is 5.73 Å². The minimum absolute atomic E-state index is 0.165. The van der Waals surface area contributed by atoms with Gasteiger partial charge < -0.3 is 10.8 Å². The Morgan fingerprint density at radius 2 is 1.53 bits per heavy atom. The molecule has 0 bridgehead atoms. The SMILES string of the molecule is NCC[C@@H]1CC[C@@H](C/C=C\CCC2CCCCC2)[C@H](Cc2ccccc2)CSSCc2ccccc2CC[C@@H]1CC(=O)O. The molecule has 3 N–H and O–H groups in total. The van der Waals surface area contributed by atoms with E-state index in [-0.39, 0.29) is 12.3 Å². The molecule has 43 heavy (non-hydrogen) atoms. The first-order valence-electron chi connectivity index (χ1n) is 17.0. The normalized spacial score (nSPS) is 24.8. The number of aryl methyl sites for hydroxylation is 1. The van der Waals surface area contributed by atoms with E-state index in [0.717, 1.165) is 62.4 Å². The number of carboxylic acid groups (broad SMARTS) is 1. The number of aliphatic carboxylic acids is 1. The average Bonchev–Trinajstić information content (AvgIpc) is 3.02. The molecule has 0 saturated heterocycles. The summed E-state index contributed by atoms with van der Waals surface area (Å²) in [6, 6.07) is 19.8. The average molecular weight is 622 g/mol. The fraction of sp³-hybridized carbons (Fsp3) is 0.605. The molecule has 4 rings (SSSR count). The second-order valence-electron chi connectivity index (χ2n) is 13.1. The zero-order chi connectivity index (χ0) is 30.1. The van der Waals surface area contributed by atoms with Gasteiger partial charge in [0, 0.05) is 17.9 Å². The van der Waals surface area contributed by atoms with Crippen LogP contribution in [0.25, 0.3) is 0 Å². The minimum Gasteiger partial charge on any atom is -0.481 e. The fourth-order valence-electron chi connectivity index (χ4n) is 7.53. The summed E-state index contributed by atoms with van der Waals surface area (Å²) >= 11 is 0. The van der Waals surface area contributed by atoms with Crippen LogP contribution in [0.4, 0.5) is 0 Å². The molecule has 2 aromatic carbocycles. The number of carboxylic acids is 1. The molecule has 236 valence electrons. The van der Waals surface area contributed by atoms with E-state index in [1.165, 1.54) is 61.6 Å². The highest BCUT2D eigenvalue weighted by molar-refractivity contribution is 8.76. The number of rotatable bonds is 11. The summed E-state index contributed by atoms with van der Waals surface area (Å²) in [4.78, 5) is 12.0. The fourth-order valence-corrected chi connectivity index (χ4v) is 10.1. The number of fused-ring (bicyclic) bond motifs is 1. The molecule has 3 nitrogen and oxygen atoms in total. The maximum absolute atomic E-state index is 12.0. The smallest absolute Gasteiger partial charge is 0.303 e. The maximum atomic E-state index is 12.0. The molecule has 0 spiro atoms. The van der Waals surface area contributed by atoms with Crippen molar-refractivity contribution in [2.45, 2.75) is 102 Å². The summed E-state index contributed by atoms with van der Waals surface area (Å²) < 4.78 is 0. The van der Waals surface area contributed by atoms with Crippen LogP contribution in [-0.2, 0) is 23.4 Å². The summed E-state index contributed by atoms with van der Waals surface area (Å²) in [5, 5.41) is 9.89. The Morgan fingerprint density at radius 1 is 0.791 bits per heavy atom. The molecule has 1 saturated carbocycles. The van der Waals surface area contributed by atoms with Gasteiger partial charge in [-0.1, -0.05) is 120 Å². The van der Waals surface area contributed by atoms with Crippen molar-refractivity contribution in [1.29, 1.82) is 0 Å². The topological polar surface area (TPSA) is 63.3 Å². The van der Waals surface area contributed by atoms with Gasteiger partial charge in [0.1, 0.15) is 0 Å². The first-order chi connectivity index (χ1) is 21.1. The largest absolute Gasteiger partial charge is 0.481 e. The van der Waals surface area contributed by atoms with E-state index in [1.54, 1.807) is 0 Å². The third-order valence-electron chi connectivity index (χ3n) is 10.1. The molecule has 2 aromatic rings. The Hall–Kier alpha value is -1.69. The lowest BCUT2D eigenvalue weighted by atomic mass is 9.75. The van der Waals surface area contributed by atoms with Crippen LogP contribution in [0, 0.1) is 29.6 Å². The molecular weight excluding hydrogens is 567 g/mol. The third-order valence-corrected chi connectivity index (χ3v) is 12.5. The molecule has 1 heterocycles. The van der Waals surface area contributed by atoms with E-state index in [0.29, 0.717) is 24.3 Å². The van der Waals surface area contributed by atoms with Crippen molar-refractivity contribution < 1.29 is 9.90 Å². The number of hydrogen-bond acceptors (Lipinski definition) is 4. The molecule has 1 fully saturated rings. The van der Waals surface area contributed by atoms with Crippen LogP contribution in [0.2, 0.25) is 0 Å². The highest BCUT2D eigenvalue weighted by atomic mass is 33.1. The van der Waals surface area contributed by atoms with Crippen molar-refractivity contribution in [3.05, 3.63) is 83.4 Å². The van der Waals surface area contributed by atoms with Crippen molar-refractivity contribution in [3.63, 3.8) is 0 Å². The van der Waals surface area contributed by atoms with Crippen LogP contribution in [0.1, 0.15) is 100 Å². The lowest BCUT2D eigenvalue weighted by Gasteiger charge is -2.31. The standard InChI is InChI=1S/C38H55NO2S2/c39-25-24-34-21-20-33(17-9-3-6-14-30-12-4-1-5-13-30)37(26-31-15-7-2-8-16-31)29-43-42-28-36-19-11-10-18-32(36)22-23-35(34)27-38(40)41/h2-3,7-11,15-16,18-19,30,33-35,37H,1,4-6,12-14,17,20-29,39H2,(H,40,41)/b9-3-/t33-,34+,35-,37-/m1/s1. The predicted molar refractivity (Wildman–Crippen MR) is 187 cm³/mol. The molecule has 5 heteroatoms. The lowest BCUT2D eigenvalue weighted by Crippen LogP contribution is -2.25.